The van der Waals surface area contributed by atoms with Crippen LogP contribution >= 0.6 is 27.5 Å². The molecule has 2 fully saturated rings. The Balaban J connectivity index is 1.54. The second kappa shape index (κ2) is 6.79. The largest absolute Gasteiger partial charge is 0.369 e. The molecule has 2 N–H and O–H groups in total. The van der Waals surface area contributed by atoms with Crippen molar-refractivity contribution in [2.24, 2.45) is 11.7 Å². The summed E-state index contributed by atoms with van der Waals surface area (Å²) in [5.74, 6) is -0.219. The van der Waals surface area contributed by atoms with Gasteiger partial charge in [-0.25, -0.2) is 0 Å². The van der Waals surface area contributed by atoms with Crippen LogP contribution in [0.15, 0.2) is 22.7 Å². The Morgan fingerprint density at radius 1 is 1.22 bits per heavy atom. The molecule has 2 aliphatic heterocycles. The van der Waals surface area contributed by atoms with E-state index in [0.29, 0.717) is 29.7 Å². The van der Waals surface area contributed by atoms with Crippen LogP contribution in [0.4, 0.5) is 0 Å². The minimum atomic E-state index is -0.195. The monoisotopic (exact) mass is 399 g/mol. The van der Waals surface area contributed by atoms with Crippen LogP contribution in [0, 0.1) is 5.92 Å². The van der Waals surface area contributed by atoms with Gasteiger partial charge in [-0.3, -0.25) is 14.5 Å². The number of carbonyl (C=O) groups is 2. The molecule has 0 bridgehead atoms. The van der Waals surface area contributed by atoms with Gasteiger partial charge in [0.15, 0.2) is 0 Å². The number of amides is 2. The van der Waals surface area contributed by atoms with Gasteiger partial charge < -0.3 is 10.6 Å². The molecular formula is C16H19BrClN3O2. The highest BCUT2D eigenvalue weighted by atomic mass is 79.9. The quantitative estimate of drug-likeness (QED) is 0.845. The lowest BCUT2D eigenvalue weighted by atomic mass is 9.93. The highest BCUT2D eigenvalue weighted by molar-refractivity contribution is 9.10. The van der Waals surface area contributed by atoms with Gasteiger partial charge in [0.2, 0.25) is 5.91 Å². The van der Waals surface area contributed by atoms with Crippen molar-refractivity contribution in [3.63, 3.8) is 0 Å². The van der Waals surface area contributed by atoms with Crippen molar-refractivity contribution in [3.05, 3.63) is 33.3 Å². The Bertz CT molecular complexity index is 626. The number of nitrogens with zero attached hydrogens (tertiary/aromatic N) is 2. The van der Waals surface area contributed by atoms with E-state index in [0.717, 1.165) is 30.4 Å². The van der Waals surface area contributed by atoms with Crippen LogP contribution in [-0.2, 0) is 4.79 Å². The third-order valence-corrected chi connectivity index (χ3v) is 5.58. The lowest BCUT2D eigenvalue weighted by Gasteiger charge is -2.47. The summed E-state index contributed by atoms with van der Waals surface area (Å²) in [6, 6.07) is 5.68. The zero-order valence-corrected chi connectivity index (χ0v) is 15.0. The van der Waals surface area contributed by atoms with E-state index in [-0.39, 0.29) is 17.7 Å². The average molecular weight is 401 g/mol. The van der Waals surface area contributed by atoms with Crippen molar-refractivity contribution in [2.75, 3.05) is 26.2 Å². The van der Waals surface area contributed by atoms with E-state index in [2.05, 4.69) is 20.8 Å². The number of piperidine rings is 1. The molecular weight excluding hydrogens is 382 g/mol. The summed E-state index contributed by atoms with van der Waals surface area (Å²) in [5.41, 5.74) is 5.90. The van der Waals surface area contributed by atoms with Gasteiger partial charge in [-0.1, -0.05) is 27.5 Å². The summed E-state index contributed by atoms with van der Waals surface area (Å²) in [4.78, 5) is 27.9. The highest BCUT2D eigenvalue weighted by Crippen LogP contribution is 2.27. The summed E-state index contributed by atoms with van der Waals surface area (Å²) in [7, 11) is 0. The van der Waals surface area contributed by atoms with E-state index in [1.807, 2.05) is 11.0 Å². The van der Waals surface area contributed by atoms with E-state index >= 15 is 0 Å². The normalized spacial score (nSPS) is 20.3. The SMILES string of the molecule is NC(=O)C1CCN(C2CN(C(=O)c3cc(Br)ccc3Cl)C2)CC1. The fourth-order valence-electron chi connectivity index (χ4n) is 3.23. The zero-order valence-electron chi connectivity index (χ0n) is 12.7. The van der Waals surface area contributed by atoms with Gasteiger partial charge >= 0.3 is 0 Å². The summed E-state index contributed by atoms with van der Waals surface area (Å²) in [6.45, 7) is 3.17. The molecule has 0 atom stereocenters. The van der Waals surface area contributed by atoms with E-state index < -0.39 is 0 Å². The number of hydrogen-bond donors (Lipinski definition) is 1. The van der Waals surface area contributed by atoms with Crippen molar-refractivity contribution in [3.8, 4) is 0 Å². The Hall–Kier alpha value is -1.11. The highest BCUT2D eigenvalue weighted by Gasteiger charge is 2.37. The number of rotatable bonds is 3. The predicted molar refractivity (Wildman–Crippen MR) is 92.3 cm³/mol. The molecule has 3 rings (SSSR count). The molecule has 0 radical (unpaired) electrons. The van der Waals surface area contributed by atoms with Gasteiger partial charge in [0.05, 0.1) is 10.6 Å². The Morgan fingerprint density at radius 3 is 2.48 bits per heavy atom. The minimum absolute atomic E-state index is 0.00420. The zero-order chi connectivity index (χ0) is 16.6. The number of primary amides is 1. The molecule has 0 aromatic heterocycles. The standard InChI is InChI=1S/C16H19BrClN3O2/c17-11-1-2-14(18)13(7-11)16(23)21-8-12(9-21)20-5-3-10(4-6-20)15(19)22/h1-2,7,10,12H,3-6,8-9H2,(H2,19,22). The van der Waals surface area contributed by atoms with Crippen molar-refractivity contribution in [1.82, 2.24) is 9.80 Å². The molecule has 7 heteroatoms. The van der Waals surface area contributed by atoms with Crippen molar-refractivity contribution >= 4 is 39.3 Å². The average Bonchev–Trinajstić information content (AvgIpc) is 2.48. The summed E-state index contributed by atoms with van der Waals surface area (Å²) >= 11 is 9.49. The maximum absolute atomic E-state index is 12.5. The topological polar surface area (TPSA) is 66.6 Å². The van der Waals surface area contributed by atoms with Crippen molar-refractivity contribution in [1.29, 1.82) is 0 Å². The third-order valence-electron chi connectivity index (χ3n) is 4.76. The fraction of sp³-hybridized carbons (Fsp3) is 0.500. The van der Waals surface area contributed by atoms with Crippen LogP contribution in [-0.4, -0.2) is 53.8 Å². The van der Waals surface area contributed by atoms with Crippen LogP contribution in [0.5, 0.6) is 0 Å². The number of nitrogens with two attached hydrogens (primary N) is 1. The molecule has 2 saturated heterocycles. The van der Waals surface area contributed by atoms with E-state index in [1.165, 1.54) is 0 Å². The molecule has 0 unspecified atom stereocenters. The van der Waals surface area contributed by atoms with Crippen molar-refractivity contribution < 1.29 is 9.59 Å². The van der Waals surface area contributed by atoms with Crippen LogP contribution < -0.4 is 5.73 Å². The van der Waals surface area contributed by atoms with E-state index in [1.54, 1.807) is 12.1 Å². The summed E-state index contributed by atoms with van der Waals surface area (Å²) in [6.07, 6.45) is 1.63. The Morgan fingerprint density at radius 2 is 1.87 bits per heavy atom. The number of likely N-dealkylation sites (tertiary alicyclic amines) is 2. The summed E-state index contributed by atoms with van der Waals surface area (Å²) in [5, 5.41) is 0.476. The van der Waals surface area contributed by atoms with Crippen LogP contribution in [0.25, 0.3) is 0 Å². The molecule has 0 aliphatic carbocycles. The molecule has 1 aromatic rings. The number of benzene rings is 1. The lowest BCUT2D eigenvalue weighted by Crippen LogP contribution is -2.62. The second-order valence-corrected chi connectivity index (χ2v) is 7.52. The minimum Gasteiger partial charge on any atom is -0.369 e. The third kappa shape index (κ3) is 3.54. The molecule has 0 saturated carbocycles. The maximum atomic E-state index is 12.5. The predicted octanol–water partition coefficient (Wildman–Crippen LogP) is 2.12. The molecule has 2 amide bonds. The molecule has 2 heterocycles. The fourth-order valence-corrected chi connectivity index (χ4v) is 3.79. The van der Waals surface area contributed by atoms with Crippen LogP contribution in [0.3, 0.4) is 0 Å². The molecule has 0 spiro atoms. The van der Waals surface area contributed by atoms with Gasteiger partial charge in [0, 0.05) is 29.5 Å². The van der Waals surface area contributed by atoms with Crippen LogP contribution in [0.2, 0.25) is 5.02 Å². The number of carbonyl (C=O) groups excluding carboxylic acids is 2. The molecule has 124 valence electrons. The van der Waals surface area contributed by atoms with E-state index in [4.69, 9.17) is 17.3 Å². The van der Waals surface area contributed by atoms with E-state index in [9.17, 15) is 9.59 Å². The van der Waals surface area contributed by atoms with Gasteiger partial charge in [0.1, 0.15) is 0 Å². The first-order valence-electron chi connectivity index (χ1n) is 7.73. The van der Waals surface area contributed by atoms with Crippen LogP contribution in [0.1, 0.15) is 23.2 Å². The molecule has 1 aromatic carbocycles. The van der Waals surface area contributed by atoms with Gasteiger partial charge in [-0.2, -0.15) is 0 Å². The van der Waals surface area contributed by atoms with Crippen molar-refractivity contribution in [2.45, 2.75) is 18.9 Å². The van der Waals surface area contributed by atoms with Gasteiger partial charge in [0.25, 0.3) is 5.91 Å². The summed E-state index contributed by atoms with van der Waals surface area (Å²) < 4.78 is 0.843. The second-order valence-electron chi connectivity index (χ2n) is 6.20. The maximum Gasteiger partial charge on any atom is 0.255 e. The van der Waals surface area contributed by atoms with Gasteiger partial charge in [-0.05, 0) is 44.1 Å². The molecule has 23 heavy (non-hydrogen) atoms. The first kappa shape index (κ1) is 16.7. The van der Waals surface area contributed by atoms with Gasteiger partial charge in [-0.15, -0.1) is 0 Å². The number of halogens is 2. The Labute approximate surface area is 148 Å². The smallest absolute Gasteiger partial charge is 0.255 e. The lowest BCUT2D eigenvalue weighted by molar-refractivity contribution is -0.123. The molecule has 2 aliphatic rings. The first-order chi connectivity index (χ1) is 11.0. The Kier molecular flexibility index (Phi) is 4.94. The first-order valence-corrected chi connectivity index (χ1v) is 8.90. The number of hydrogen-bond acceptors (Lipinski definition) is 3. The molecule has 5 nitrogen and oxygen atoms in total.